The second kappa shape index (κ2) is 8.03. The summed E-state index contributed by atoms with van der Waals surface area (Å²) in [4.78, 5) is 0. The zero-order chi connectivity index (χ0) is 12.6. The van der Waals surface area contributed by atoms with Gasteiger partial charge in [0.15, 0.2) is 0 Å². The van der Waals surface area contributed by atoms with Gasteiger partial charge in [0.05, 0.1) is 5.75 Å². The minimum absolute atomic E-state index is 0.164. The number of nitrogens with one attached hydrogen (secondary N) is 2. The second-order valence-corrected chi connectivity index (χ2v) is 6.57. The van der Waals surface area contributed by atoms with Gasteiger partial charge in [0.25, 0.3) is 0 Å². The number of hydrogen-bond donors (Lipinski definition) is 2. The lowest BCUT2D eigenvalue weighted by Gasteiger charge is -2.16. The van der Waals surface area contributed by atoms with Crippen LogP contribution in [0.3, 0.4) is 0 Å². The molecule has 0 bridgehead atoms. The predicted octanol–water partition coefficient (Wildman–Crippen LogP) is 1.20. The second-order valence-electron chi connectivity index (χ2n) is 4.64. The lowest BCUT2D eigenvalue weighted by molar-refractivity contribution is 0.414. The third-order valence-electron chi connectivity index (χ3n) is 2.74. The van der Waals surface area contributed by atoms with Crippen molar-refractivity contribution < 1.29 is 8.42 Å². The molecular formula is C11H26N2O2S. The standard InChI is InChI=1S/C11H26N2O2S/c1-5-6-12-7-8-16(14,15)13-9-11(4)10(2)3/h10-13H,5-9H2,1-4H3. The highest BCUT2D eigenvalue weighted by Crippen LogP contribution is 2.07. The fourth-order valence-electron chi connectivity index (χ4n) is 1.07. The summed E-state index contributed by atoms with van der Waals surface area (Å²) in [6.07, 6.45) is 1.03. The van der Waals surface area contributed by atoms with Crippen molar-refractivity contribution in [2.24, 2.45) is 11.8 Å². The van der Waals surface area contributed by atoms with Gasteiger partial charge in [0, 0.05) is 13.1 Å². The Kier molecular flexibility index (Phi) is 7.97. The van der Waals surface area contributed by atoms with E-state index in [0.29, 0.717) is 24.9 Å². The summed E-state index contributed by atoms with van der Waals surface area (Å²) in [5.74, 6) is 1.04. The fourth-order valence-corrected chi connectivity index (χ4v) is 2.15. The molecule has 98 valence electrons. The third kappa shape index (κ3) is 8.07. The average molecular weight is 250 g/mol. The topological polar surface area (TPSA) is 58.2 Å². The van der Waals surface area contributed by atoms with Gasteiger partial charge in [-0.15, -0.1) is 0 Å². The molecular weight excluding hydrogens is 224 g/mol. The van der Waals surface area contributed by atoms with Crippen LogP contribution in [0, 0.1) is 11.8 Å². The van der Waals surface area contributed by atoms with Gasteiger partial charge in [0.2, 0.25) is 10.0 Å². The Labute approximate surface area is 100 Å². The van der Waals surface area contributed by atoms with E-state index >= 15 is 0 Å². The molecule has 0 aliphatic heterocycles. The zero-order valence-corrected chi connectivity index (χ0v) is 11.7. The average Bonchev–Trinajstić information content (AvgIpc) is 2.21. The van der Waals surface area contributed by atoms with E-state index in [4.69, 9.17) is 0 Å². The van der Waals surface area contributed by atoms with Gasteiger partial charge < -0.3 is 5.32 Å². The largest absolute Gasteiger partial charge is 0.316 e. The molecule has 4 nitrogen and oxygen atoms in total. The molecule has 0 saturated carbocycles. The van der Waals surface area contributed by atoms with Gasteiger partial charge in [-0.1, -0.05) is 27.7 Å². The summed E-state index contributed by atoms with van der Waals surface area (Å²) in [7, 11) is -3.10. The van der Waals surface area contributed by atoms with Crippen LogP contribution in [0.4, 0.5) is 0 Å². The van der Waals surface area contributed by atoms with Gasteiger partial charge in [-0.3, -0.25) is 0 Å². The maximum atomic E-state index is 11.6. The first-order valence-corrected chi connectivity index (χ1v) is 7.72. The Hall–Kier alpha value is -0.130. The number of hydrogen-bond acceptors (Lipinski definition) is 3. The Balaban J connectivity index is 3.79. The first kappa shape index (κ1) is 15.9. The summed E-state index contributed by atoms with van der Waals surface area (Å²) in [6, 6.07) is 0. The summed E-state index contributed by atoms with van der Waals surface area (Å²) < 4.78 is 25.8. The fraction of sp³-hybridized carbons (Fsp3) is 1.00. The quantitative estimate of drug-likeness (QED) is 0.605. The Bertz CT molecular complexity index is 263. The predicted molar refractivity (Wildman–Crippen MR) is 69.0 cm³/mol. The van der Waals surface area contributed by atoms with Crippen LogP contribution in [0.15, 0.2) is 0 Å². The SMILES string of the molecule is CCCNCCS(=O)(=O)NCC(C)C(C)C. The zero-order valence-electron chi connectivity index (χ0n) is 10.9. The summed E-state index contributed by atoms with van der Waals surface area (Å²) in [5.41, 5.74) is 0. The van der Waals surface area contributed by atoms with Crippen LogP contribution in [0.25, 0.3) is 0 Å². The third-order valence-corrected chi connectivity index (χ3v) is 4.09. The molecule has 0 aliphatic rings. The normalized spacial score (nSPS) is 14.3. The van der Waals surface area contributed by atoms with E-state index in [1.165, 1.54) is 0 Å². The summed E-state index contributed by atoms with van der Waals surface area (Å²) >= 11 is 0. The van der Waals surface area contributed by atoms with Crippen molar-refractivity contribution >= 4 is 10.0 Å². The molecule has 0 aromatic rings. The Morgan fingerprint density at radius 1 is 1.12 bits per heavy atom. The van der Waals surface area contributed by atoms with Gasteiger partial charge >= 0.3 is 0 Å². The van der Waals surface area contributed by atoms with Crippen LogP contribution in [-0.4, -0.2) is 33.8 Å². The molecule has 0 saturated heterocycles. The van der Waals surface area contributed by atoms with E-state index in [0.717, 1.165) is 13.0 Å². The van der Waals surface area contributed by atoms with Crippen molar-refractivity contribution in [2.45, 2.75) is 34.1 Å². The highest BCUT2D eigenvalue weighted by Gasteiger charge is 2.13. The van der Waals surface area contributed by atoms with Crippen molar-refractivity contribution in [3.8, 4) is 0 Å². The number of rotatable bonds is 9. The molecule has 2 N–H and O–H groups in total. The minimum atomic E-state index is -3.10. The van der Waals surface area contributed by atoms with E-state index in [9.17, 15) is 8.42 Å². The lowest BCUT2D eigenvalue weighted by atomic mass is 9.99. The number of sulfonamides is 1. The van der Waals surface area contributed by atoms with Crippen molar-refractivity contribution in [1.82, 2.24) is 10.0 Å². The van der Waals surface area contributed by atoms with Crippen LogP contribution < -0.4 is 10.0 Å². The van der Waals surface area contributed by atoms with Crippen LogP contribution >= 0.6 is 0 Å². The van der Waals surface area contributed by atoms with Crippen molar-refractivity contribution in [3.63, 3.8) is 0 Å². The molecule has 0 aromatic heterocycles. The smallest absolute Gasteiger partial charge is 0.212 e. The van der Waals surface area contributed by atoms with Crippen LogP contribution in [0.2, 0.25) is 0 Å². The summed E-state index contributed by atoms with van der Waals surface area (Å²) in [6.45, 7) is 10.3. The van der Waals surface area contributed by atoms with Gasteiger partial charge in [-0.25, -0.2) is 13.1 Å². The Morgan fingerprint density at radius 3 is 2.25 bits per heavy atom. The van der Waals surface area contributed by atoms with Gasteiger partial charge in [-0.05, 0) is 24.8 Å². The van der Waals surface area contributed by atoms with Crippen molar-refractivity contribution in [2.75, 3.05) is 25.4 Å². The Morgan fingerprint density at radius 2 is 1.75 bits per heavy atom. The van der Waals surface area contributed by atoms with E-state index < -0.39 is 10.0 Å². The molecule has 16 heavy (non-hydrogen) atoms. The van der Waals surface area contributed by atoms with Gasteiger partial charge in [0.1, 0.15) is 0 Å². The molecule has 0 amide bonds. The van der Waals surface area contributed by atoms with E-state index in [2.05, 4.69) is 37.7 Å². The van der Waals surface area contributed by atoms with E-state index in [1.807, 2.05) is 0 Å². The molecule has 5 heteroatoms. The first-order valence-electron chi connectivity index (χ1n) is 6.07. The molecule has 0 heterocycles. The lowest BCUT2D eigenvalue weighted by Crippen LogP contribution is -2.35. The molecule has 0 rings (SSSR count). The van der Waals surface area contributed by atoms with Crippen LogP contribution in [0.1, 0.15) is 34.1 Å². The highest BCUT2D eigenvalue weighted by atomic mass is 32.2. The van der Waals surface area contributed by atoms with Crippen LogP contribution in [-0.2, 0) is 10.0 Å². The van der Waals surface area contributed by atoms with Gasteiger partial charge in [-0.2, -0.15) is 0 Å². The monoisotopic (exact) mass is 250 g/mol. The molecule has 0 radical (unpaired) electrons. The molecule has 1 atom stereocenters. The van der Waals surface area contributed by atoms with E-state index in [1.54, 1.807) is 0 Å². The molecule has 0 aliphatic carbocycles. The van der Waals surface area contributed by atoms with Crippen molar-refractivity contribution in [1.29, 1.82) is 0 Å². The maximum Gasteiger partial charge on any atom is 0.212 e. The molecule has 1 unspecified atom stereocenters. The van der Waals surface area contributed by atoms with E-state index in [-0.39, 0.29) is 5.75 Å². The first-order chi connectivity index (χ1) is 7.39. The highest BCUT2D eigenvalue weighted by molar-refractivity contribution is 7.89. The van der Waals surface area contributed by atoms with Crippen molar-refractivity contribution in [3.05, 3.63) is 0 Å². The molecule has 0 fully saturated rings. The summed E-state index contributed by atoms with van der Waals surface area (Å²) in [5, 5.41) is 3.08. The molecule has 0 aromatic carbocycles. The minimum Gasteiger partial charge on any atom is -0.316 e. The molecule has 0 spiro atoms. The maximum absolute atomic E-state index is 11.6. The van der Waals surface area contributed by atoms with Crippen LogP contribution in [0.5, 0.6) is 0 Å².